The van der Waals surface area contributed by atoms with Gasteiger partial charge >= 0.3 is 5.97 Å². The lowest BCUT2D eigenvalue weighted by Gasteiger charge is -2.42. The van der Waals surface area contributed by atoms with Crippen LogP contribution < -0.4 is 10.6 Å². The summed E-state index contributed by atoms with van der Waals surface area (Å²) in [6, 6.07) is 7.62. The van der Waals surface area contributed by atoms with Crippen molar-refractivity contribution in [3.63, 3.8) is 0 Å². The fraction of sp³-hybridized carbons (Fsp3) is 0.550. The van der Waals surface area contributed by atoms with Crippen LogP contribution in [-0.4, -0.2) is 79.4 Å². The predicted octanol–water partition coefficient (Wildman–Crippen LogP) is 1.07. The van der Waals surface area contributed by atoms with Crippen molar-refractivity contribution in [2.75, 3.05) is 50.8 Å². The number of nitrogen functional groups attached to an aromatic ring is 1. The highest BCUT2D eigenvalue weighted by Crippen LogP contribution is 2.22. The van der Waals surface area contributed by atoms with Gasteiger partial charge < -0.3 is 15.4 Å². The summed E-state index contributed by atoms with van der Waals surface area (Å²) in [5, 5.41) is 7.46. The lowest BCUT2D eigenvalue weighted by atomic mass is 10.0. The van der Waals surface area contributed by atoms with Gasteiger partial charge in [-0.1, -0.05) is 0 Å². The third-order valence-corrected chi connectivity index (χ3v) is 5.47. The van der Waals surface area contributed by atoms with E-state index in [0.717, 1.165) is 38.2 Å². The Morgan fingerprint density at radius 1 is 1.17 bits per heavy atom. The van der Waals surface area contributed by atoms with Crippen molar-refractivity contribution in [3.05, 3.63) is 29.8 Å². The van der Waals surface area contributed by atoms with Crippen molar-refractivity contribution < 1.29 is 14.3 Å². The fourth-order valence-corrected chi connectivity index (χ4v) is 3.93. The largest absolute Gasteiger partial charge is 0.465 e. The zero-order valence-electron chi connectivity index (χ0n) is 16.8. The van der Waals surface area contributed by atoms with E-state index in [2.05, 4.69) is 9.80 Å². The average Bonchev–Trinajstić information content (AvgIpc) is 2.69. The van der Waals surface area contributed by atoms with Gasteiger partial charge in [-0.25, -0.2) is 0 Å². The first-order valence-electron chi connectivity index (χ1n) is 9.84. The number of ether oxygens (including phenoxy) is 1. The molecule has 0 radical (unpaired) electrons. The molecule has 2 saturated heterocycles. The maximum absolute atomic E-state index is 12.7. The first kappa shape index (κ1) is 23.1. The third kappa shape index (κ3) is 5.91. The molecule has 1 aromatic rings. The van der Waals surface area contributed by atoms with E-state index in [9.17, 15) is 9.59 Å². The number of likely N-dealkylation sites (tertiary alicyclic amines) is 1. The second-order valence-electron chi connectivity index (χ2n) is 7.29. The van der Waals surface area contributed by atoms with Crippen LogP contribution in [-0.2, 0) is 14.3 Å². The minimum absolute atomic E-state index is 0. The molecule has 2 fully saturated rings. The number of amidine groups is 1. The van der Waals surface area contributed by atoms with Gasteiger partial charge in [0.2, 0.25) is 5.91 Å². The van der Waals surface area contributed by atoms with E-state index in [0.29, 0.717) is 37.8 Å². The summed E-state index contributed by atoms with van der Waals surface area (Å²) in [5.41, 5.74) is 6.99. The standard InChI is InChI=1S/C20H29N5O3.ClH/c1-2-28-19(27)14-23-9-7-16(8-10-23)24-11-12-25(18(26)13-24)17-5-3-15(4-6-17)20(21)22;/h3-6,16H,2,7-14H2,1H3,(H3,21,22);1H. The van der Waals surface area contributed by atoms with Crippen LogP contribution in [0.1, 0.15) is 25.3 Å². The molecule has 3 N–H and O–H groups in total. The topological polar surface area (TPSA) is 103 Å². The Labute approximate surface area is 177 Å². The molecule has 1 aromatic carbocycles. The molecule has 0 spiro atoms. The van der Waals surface area contributed by atoms with E-state index in [1.165, 1.54) is 0 Å². The normalized spacial score (nSPS) is 18.9. The average molecular weight is 424 g/mol. The number of anilines is 1. The van der Waals surface area contributed by atoms with Crippen LogP contribution in [0.15, 0.2) is 24.3 Å². The lowest BCUT2D eigenvalue weighted by Crippen LogP contribution is -2.56. The molecule has 2 heterocycles. The van der Waals surface area contributed by atoms with Crippen LogP contribution in [0.2, 0.25) is 0 Å². The Morgan fingerprint density at radius 2 is 1.83 bits per heavy atom. The molecule has 2 aliphatic rings. The molecule has 0 aromatic heterocycles. The number of nitrogens with one attached hydrogen (secondary N) is 1. The van der Waals surface area contributed by atoms with E-state index >= 15 is 0 Å². The molecule has 0 atom stereocenters. The molecule has 29 heavy (non-hydrogen) atoms. The number of esters is 1. The summed E-state index contributed by atoms with van der Waals surface area (Å²) in [7, 11) is 0. The molecule has 1 amide bonds. The number of hydrogen-bond donors (Lipinski definition) is 2. The van der Waals surface area contributed by atoms with Gasteiger partial charge in [0.05, 0.1) is 19.7 Å². The maximum atomic E-state index is 12.7. The number of benzene rings is 1. The maximum Gasteiger partial charge on any atom is 0.320 e. The highest BCUT2D eigenvalue weighted by molar-refractivity contribution is 5.98. The van der Waals surface area contributed by atoms with Crippen LogP contribution in [0.5, 0.6) is 0 Å². The molecule has 0 bridgehead atoms. The molecule has 160 valence electrons. The second-order valence-corrected chi connectivity index (χ2v) is 7.29. The van der Waals surface area contributed by atoms with Gasteiger partial charge in [0.15, 0.2) is 0 Å². The van der Waals surface area contributed by atoms with Crippen LogP contribution in [0.3, 0.4) is 0 Å². The van der Waals surface area contributed by atoms with E-state index in [1.807, 2.05) is 19.1 Å². The SMILES string of the molecule is CCOC(=O)CN1CCC(N2CCN(c3ccc(C(=N)N)cc3)C(=O)C2)CC1.Cl. The van der Waals surface area contributed by atoms with Gasteiger partial charge in [0.1, 0.15) is 5.84 Å². The first-order chi connectivity index (χ1) is 13.5. The predicted molar refractivity (Wildman–Crippen MR) is 115 cm³/mol. The van der Waals surface area contributed by atoms with E-state index < -0.39 is 0 Å². The number of nitrogens with zero attached hydrogens (tertiary/aromatic N) is 3. The van der Waals surface area contributed by atoms with Crippen molar-refractivity contribution >= 4 is 35.8 Å². The van der Waals surface area contributed by atoms with Crippen molar-refractivity contribution in [1.82, 2.24) is 9.80 Å². The fourth-order valence-electron chi connectivity index (χ4n) is 3.93. The summed E-state index contributed by atoms with van der Waals surface area (Å²) < 4.78 is 5.02. The summed E-state index contributed by atoms with van der Waals surface area (Å²) in [5.74, 6) is -0.0479. The molecule has 0 saturated carbocycles. The minimum Gasteiger partial charge on any atom is -0.465 e. The number of carbonyl (C=O) groups excluding carboxylic acids is 2. The Bertz CT molecular complexity index is 719. The smallest absolute Gasteiger partial charge is 0.320 e. The number of piperazine rings is 1. The molecule has 9 heteroatoms. The van der Waals surface area contributed by atoms with Gasteiger partial charge in [-0.05, 0) is 44.0 Å². The zero-order chi connectivity index (χ0) is 20.1. The van der Waals surface area contributed by atoms with E-state index in [-0.39, 0.29) is 30.1 Å². The molecule has 0 aliphatic carbocycles. The van der Waals surface area contributed by atoms with Gasteiger partial charge in [0.25, 0.3) is 0 Å². The van der Waals surface area contributed by atoms with Crippen LogP contribution >= 0.6 is 12.4 Å². The van der Waals surface area contributed by atoms with Crippen LogP contribution in [0.4, 0.5) is 5.69 Å². The van der Waals surface area contributed by atoms with Crippen molar-refractivity contribution in [2.45, 2.75) is 25.8 Å². The second kappa shape index (κ2) is 10.6. The number of halogens is 1. The number of carbonyl (C=O) groups is 2. The third-order valence-electron chi connectivity index (χ3n) is 5.47. The van der Waals surface area contributed by atoms with Crippen LogP contribution in [0.25, 0.3) is 0 Å². The summed E-state index contributed by atoms with van der Waals surface area (Å²) in [6.07, 6.45) is 1.92. The Balaban J connectivity index is 0.00000300. The van der Waals surface area contributed by atoms with Crippen molar-refractivity contribution in [2.24, 2.45) is 5.73 Å². The molecule has 0 unspecified atom stereocenters. The van der Waals surface area contributed by atoms with Crippen LogP contribution in [0, 0.1) is 5.41 Å². The molecule has 3 rings (SSSR count). The van der Waals surface area contributed by atoms with Crippen molar-refractivity contribution in [3.8, 4) is 0 Å². The van der Waals surface area contributed by atoms with Crippen molar-refractivity contribution in [1.29, 1.82) is 5.41 Å². The molecular weight excluding hydrogens is 394 g/mol. The Morgan fingerprint density at radius 3 is 2.38 bits per heavy atom. The number of amides is 1. The Kier molecular flexibility index (Phi) is 8.43. The quantitative estimate of drug-likeness (QED) is 0.403. The number of rotatable bonds is 6. The highest BCUT2D eigenvalue weighted by Gasteiger charge is 2.32. The van der Waals surface area contributed by atoms with Gasteiger partial charge in [-0.15, -0.1) is 12.4 Å². The van der Waals surface area contributed by atoms with Gasteiger partial charge in [-0.2, -0.15) is 0 Å². The first-order valence-corrected chi connectivity index (χ1v) is 9.84. The summed E-state index contributed by atoms with van der Waals surface area (Å²) >= 11 is 0. The number of piperidine rings is 1. The monoisotopic (exact) mass is 423 g/mol. The minimum atomic E-state index is -0.166. The van der Waals surface area contributed by atoms with Gasteiger partial charge in [-0.3, -0.25) is 24.8 Å². The highest BCUT2D eigenvalue weighted by atomic mass is 35.5. The van der Waals surface area contributed by atoms with Gasteiger partial charge in [0, 0.05) is 43.5 Å². The molecule has 8 nitrogen and oxygen atoms in total. The van der Waals surface area contributed by atoms with E-state index in [4.69, 9.17) is 15.9 Å². The summed E-state index contributed by atoms with van der Waals surface area (Å²) in [4.78, 5) is 30.5. The molecular formula is C20H30ClN5O3. The lowest BCUT2D eigenvalue weighted by molar-refractivity contribution is -0.144. The Hall–Kier alpha value is -2.16. The number of nitrogens with two attached hydrogens (primary N) is 1. The zero-order valence-corrected chi connectivity index (χ0v) is 17.6. The number of hydrogen-bond acceptors (Lipinski definition) is 6. The van der Waals surface area contributed by atoms with E-state index in [1.54, 1.807) is 17.0 Å². The summed E-state index contributed by atoms with van der Waals surface area (Å²) in [6.45, 7) is 6.19. The molecule has 2 aliphatic heterocycles.